The van der Waals surface area contributed by atoms with E-state index < -0.39 is 7.12 Å². The Balaban J connectivity index is 1.84. The maximum Gasteiger partial charge on any atom is 0.488 e. The molecule has 1 fully saturated rings. The van der Waals surface area contributed by atoms with E-state index in [1.807, 2.05) is 12.1 Å². The Bertz CT molecular complexity index is 373. The lowest BCUT2D eigenvalue weighted by molar-refractivity contribution is 0.00879. The highest BCUT2D eigenvalue weighted by atomic mass is 16.5. The molecule has 0 amide bonds. The first-order valence-corrected chi connectivity index (χ1v) is 6.71. The molecule has 0 atom stereocenters. The van der Waals surface area contributed by atoms with Crippen molar-refractivity contribution >= 4 is 12.6 Å². The average Bonchev–Trinajstić information content (AvgIpc) is 2.38. The van der Waals surface area contributed by atoms with Gasteiger partial charge < -0.3 is 14.8 Å². The van der Waals surface area contributed by atoms with E-state index in [0.717, 1.165) is 24.3 Å². The van der Waals surface area contributed by atoms with E-state index in [2.05, 4.69) is 6.92 Å². The van der Waals surface area contributed by atoms with Crippen molar-refractivity contribution in [1.82, 2.24) is 0 Å². The van der Waals surface area contributed by atoms with E-state index in [4.69, 9.17) is 14.8 Å². The standard InChI is InChI=1S/C14H21BO3/c1-11-5-7-14(8-6-11)18-10-12-3-2-4-13(9-12)15(16)17/h2-4,9,11,14,16-17H,5-8,10H2,1H3. The summed E-state index contributed by atoms with van der Waals surface area (Å²) in [6.45, 7) is 2.85. The van der Waals surface area contributed by atoms with E-state index in [1.54, 1.807) is 12.1 Å². The van der Waals surface area contributed by atoms with Crippen LogP contribution in [-0.4, -0.2) is 23.3 Å². The first-order valence-electron chi connectivity index (χ1n) is 6.71. The Morgan fingerprint density at radius 3 is 2.61 bits per heavy atom. The van der Waals surface area contributed by atoms with Gasteiger partial charge in [0.1, 0.15) is 0 Å². The second-order valence-corrected chi connectivity index (χ2v) is 5.31. The third kappa shape index (κ3) is 3.84. The zero-order valence-electron chi connectivity index (χ0n) is 10.9. The lowest BCUT2D eigenvalue weighted by Crippen LogP contribution is -2.30. The van der Waals surface area contributed by atoms with Crippen molar-refractivity contribution < 1.29 is 14.8 Å². The van der Waals surface area contributed by atoms with Crippen LogP contribution in [-0.2, 0) is 11.3 Å². The van der Waals surface area contributed by atoms with Crippen LogP contribution in [0.15, 0.2) is 24.3 Å². The van der Waals surface area contributed by atoms with Gasteiger partial charge in [-0.25, -0.2) is 0 Å². The molecule has 1 saturated carbocycles. The van der Waals surface area contributed by atoms with Crippen LogP contribution < -0.4 is 5.46 Å². The summed E-state index contributed by atoms with van der Waals surface area (Å²) in [5.41, 5.74) is 1.52. The molecule has 2 N–H and O–H groups in total. The van der Waals surface area contributed by atoms with Crippen molar-refractivity contribution in [2.75, 3.05) is 0 Å². The van der Waals surface area contributed by atoms with Crippen LogP contribution in [0, 0.1) is 5.92 Å². The summed E-state index contributed by atoms with van der Waals surface area (Å²) >= 11 is 0. The van der Waals surface area contributed by atoms with Gasteiger partial charge in [-0.3, -0.25) is 0 Å². The Morgan fingerprint density at radius 1 is 1.22 bits per heavy atom. The fourth-order valence-corrected chi connectivity index (χ4v) is 2.45. The van der Waals surface area contributed by atoms with Crippen molar-refractivity contribution in [3.63, 3.8) is 0 Å². The van der Waals surface area contributed by atoms with Gasteiger partial charge in [-0.05, 0) is 42.6 Å². The Hall–Kier alpha value is -0.835. The van der Waals surface area contributed by atoms with Gasteiger partial charge in [-0.2, -0.15) is 0 Å². The predicted octanol–water partition coefficient (Wildman–Crippen LogP) is 1.46. The lowest BCUT2D eigenvalue weighted by Gasteiger charge is -2.26. The van der Waals surface area contributed by atoms with Crippen molar-refractivity contribution in [2.45, 2.75) is 45.3 Å². The maximum atomic E-state index is 9.11. The highest BCUT2D eigenvalue weighted by molar-refractivity contribution is 6.58. The minimum Gasteiger partial charge on any atom is -0.423 e. The first kappa shape index (κ1) is 13.6. The van der Waals surface area contributed by atoms with Gasteiger partial charge >= 0.3 is 7.12 Å². The smallest absolute Gasteiger partial charge is 0.423 e. The SMILES string of the molecule is CC1CCC(OCc2cccc(B(O)O)c2)CC1. The molecule has 0 unspecified atom stereocenters. The van der Waals surface area contributed by atoms with Crippen LogP contribution in [0.3, 0.4) is 0 Å². The highest BCUT2D eigenvalue weighted by Crippen LogP contribution is 2.26. The fourth-order valence-electron chi connectivity index (χ4n) is 2.45. The predicted molar refractivity (Wildman–Crippen MR) is 72.5 cm³/mol. The minimum absolute atomic E-state index is 0.365. The monoisotopic (exact) mass is 248 g/mol. The van der Waals surface area contributed by atoms with Crippen LogP contribution in [0.5, 0.6) is 0 Å². The highest BCUT2D eigenvalue weighted by Gasteiger charge is 2.18. The molecule has 0 aromatic heterocycles. The van der Waals surface area contributed by atoms with E-state index >= 15 is 0 Å². The second-order valence-electron chi connectivity index (χ2n) is 5.31. The Labute approximate surface area is 109 Å². The van der Waals surface area contributed by atoms with Crippen molar-refractivity contribution in [3.05, 3.63) is 29.8 Å². The molecule has 0 bridgehead atoms. The van der Waals surface area contributed by atoms with Gasteiger partial charge in [-0.15, -0.1) is 0 Å². The average molecular weight is 248 g/mol. The summed E-state index contributed by atoms with van der Waals surface area (Å²) in [4.78, 5) is 0. The van der Waals surface area contributed by atoms with Gasteiger partial charge in [0, 0.05) is 0 Å². The zero-order valence-corrected chi connectivity index (χ0v) is 10.9. The summed E-state index contributed by atoms with van der Waals surface area (Å²) in [7, 11) is -1.40. The van der Waals surface area contributed by atoms with Crippen molar-refractivity contribution in [2.24, 2.45) is 5.92 Å². The molecule has 4 heteroatoms. The molecule has 1 aliphatic rings. The molecule has 0 aliphatic heterocycles. The zero-order chi connectivity index (χ0) is 13.0. The quantitative estimate of drug-likeness (QED) is 0.793. The van der Waals surface area contributed by atoms with Gasteiger partial charge in [0.05, 0.1) is 12.7 Å². The fraction of sp³-hybridized carbons (Fsp3) is 0.571. The molecular weight excluding hydrogens is 227 g/mol. The summed E-state index contributed by atoms with van der Waals surface area (Å²) in [5, 5.41) is 18.2. The Morgan fingerprint density at radius 2 is 1.94 bits per heavy atom. The van der Waals surface area contributed by atoms with Crippen LogP contribution in [0.1, 0.15) is 38.2 Å². The normalized spacial score (nSPS) is 23.9. The largest absolute Gasteiger partial charge is 0.488 e. The molecule has 98 valence electrons. The number of hydrogen-bond acceptors (Lipinski definition) is 3. The van der Waals surface area contributed by atoms with E-state index in [1.165, 1.54) is 12.8 Å². The summed E-state index contributed by atoms with van der Waals surface area (Å²) in [6.07, 6.45) is 5.15. The molecule has 1 aromatic rings. The van der Waals surface area contributed by atoms with Gasteiger partial charge in [0.15, 0.2) is 0 Å². The molecule has 2 rings (SSSR count). The number of rotatable bonds is 4. The summed E-state index contributed by atoms with van der Waals surface area (Å²) in [6, 6.07) is 7.28. The van der Waals surface area contributed by atoms with Gasteiger partial charge in [0.2, 0.25) is 0 Å². The van der Waals surface area contributed by atoms with E-state index in [-0.39, 0.29) is 0 Å². The molecule has 1 aliphatic carbocycles. The van der Waals surface area contributed by atoms with E-state index in [9.17, 15) is 0 Å². The molecule has 0 saturated heterocycles. The van der Waals surface area contributed by atoms with Crippen LogP contribution >= 0.6 is 0 Å². The topological polar surface area (TPSA) is 49.7 Å². The van der Waals surface area contributed by atoms with E-state index in [0.29, 0.717) is 18.2 Å². The lowest BCUT2D eigenvalue weighted by atomic mass is 9.80. The molecule has 1 aromatic carbocycles. The number of benzene rings is 1. The molecule has 0 heterocycles. The molecule has 0 radical (unpaired) electrons. The summed E-state index contributed by atoms with van der Waals surface area (Å²) < 4.78 is 5.89. The summed E-state index contributed by atoms with van der Waals surface area (Å²) in [5.74, 6) is 0.831. The number of hydrogen-bond donors (Lipinski definition) is 2. The second kappa shape index (κ2) is 6.37. The Kier molecular flexibility index (Phi) is 4.81. The molecular formula is C14H21BO3. The molecule has 0 spiro atoms. The third-order valence-corrected chi connectivity index (χ3v) is 3.70. The van der Waals surface area contributed by atoms with Crippen LogP contribution in [0.25, 0.3) is 0 Å². The molecule has 18 heavy (non-hydrogen) atoms. The van der Waals surface area contributed by atoms with Crippen molar-refractivity contribution in [3.8, 4) is 0 Å². The number of ether oxygens (including phenoxy) is 1. The third-order valence-electron chi connectivity index (χ3n) is 3.70. The molecule has 3 nitrogen and oxygen atoms in total. The van der Waals surface area contributed by atoms with Crippen LogP contribution in [0.2, 0.25) is 0 Å². The van der Waals surface area contributed by atoms with Crippen molar-refractivity contribution in [1.29, 1.82) is 0 Å². The minimum atomic E-state index is -1.40. The first-order chi connectivity index (χ1) is 8.65. The van der Waals surface area contributed by atoms with Gasteiger partial charge in [0.25, 0.3) is 0 Å². The van der Waals surface area contributed by atoms with Crippen LogP contribution in [0.4, 0.5) is 0 Å². The maximum absolute atomic E-state index is 9.11. The van der Waals surface area contributed by atoms with Gasteiger partial charge in [-0.1, -0.05) is 31.2 Å².